The first-order valence-electron chi connectivity index (χ1n) is 6.95. The van der Waals surface area contributed by atoms with Crippen LogP contribution in [0.15, 0.2) is 56.6 Å². The summed E-state index contributed by atoms with van der Waals surface area (Å²) in [7, 11) is 0. The SMILES string of the molecule is CCOC(=O)C1=C(C)N=C2SC=CN2C1c1ccc(Br)cc1. The number of nitrogens with zero attached hydrogens (tertiary/aromatic N) is 2. The van der Waals surface area contributed by atoms with Crippen molar-refractivity contribution in [1.29, 1.82) is 0 Å². The Morgan fingerprint density at radius 1 is 1.41 bits per heavy atom. The molecule has 1 unspecified atom stereocenters. The minimum atomic E-state index is -0.305. The third-order valence-corrected chi connectivity index (χ3v) is 4.80. The molecule has 114 valence electrons. The predicted octanol–water partition coefficient (Wildman–Crippen LogP) is 4.22. The number of esters is 1. The fourth-order valence-electron chi connectivity index (χ4n) is 2.54. The molecule has 1 atom stereocenters. The summed E-state index contributed by atoms with van der Waals surface area (Å²) in [6.45, 7) is 4.02. The molecular formula is C16H15BrN2O2S. The zero-order chi connectivity index (χ0) is 15.7. The first-order valence-corrected chi connectivity index (χ1v) is 8.62. The molecule has 0 N–H and O–H groups in total. The van der Waals surface area contributed by atoms with Crippen molar-refractivity contribution in [2.45, 2.75) is 19.9 Å². The van der Waals surface area contributed by atoms with Crippen LogP contribution in [0.4, 0.5) is 0 Å². The second kappa shape index (κ2) is 6.30. The maximum atomic E-state index is 12.4. The number of halogens is 1. The summed E-state index contributed by atoms with van der Waals surface area (Å²) in [4.78, 5) is 19.0. The summed E-state index contributed by atoms with van der Waals surface area (Å²) < 4.78 is 6.25. The number of allylic oxidation sites excluding steroid dienone is 1. The second-order valence-electron chi connectivity index (χ2n) is 4.88. The predicted molar refractivity (Wildman–Crippen MR) is 92.2 cm³/mol. The van der Waals surface area contributed by atoms with Gasteiger partial charge in [-0.1, -0.05) is 39.8 Å². The van der Waals surface area contributed by atoms with Crippen LogP contribution in [0.2, 0.25) is 0 Å². The molecule has 2 aliphatic rings. The average Bonchev–Trinajstić information content (AvgIpc) is 2.94. The van der Waals surface area contributed by atoms with Crippen molar-refractivity contribution in [3.8, 4) is 0 Å². The number of aliphatic imine (C=N–C) groups is 1. The molecule has 4 nitrogen and oxygen atoms in total. The number of rotatable bonds is 3. The number of fused-ring (bicyclic) bond motifs is 1. The number of hydrogen-bond acceptors (Lipinski definition) is 5. The topological polar surface area (TPSA) is 41.9 Å². The third kappa shape index (κ3) is 2.73. The summed E-state index contributed by atoms with van der Waals surface area (Å²) in [6, 6.07) is 7.78. The fraction of sp³-hybridized carbons (Fsp3) is 0.250. The lowest BCUT2D eigenvalue weighted by Gasteiger charge is -2.33. The van der Waals surface area contributed by atoms with Gasteiger partial charge in [0.05, 0.1) is 23.9 Å². The van der Waals surface area contributed by atoms with E-state index in [1.165, 1.54) is 0 Å². The number of carbonyl (C=O) groups is 1. The van der Waals surface area contributed by atoms with E-state index in [1.54, 1.807) is 11.8 Å². The van der Waals surface area contributed by atoms with E-state index in [4.69, 9.17) is 4.74 Å². The maximum absolute atomic E-state index is 12.4. The van der Waals surface area contributed by atoms with E-state index in [2.05, 4.69) is 20.9 Å². The lowest BCUT2D eigenvalue weighted by atomic mass is 9.95. The summed E-state index contributed by atoms with van der Waals surface area (Å²) >= 11 is 5.01. The van der Waals surface area contributed by atoms with Gasteiger partial charge in [0.15, 0.2) is 5.17 Å². The van der Waals surface area contributed by atoms with Gasteiger partial charge in [0.1, 0.15) is 0 Å². The molecule has 0 radical (unpaired) electrons. The van der Waals surface area contributed by atoms with Crippen LogP contribution in [0.25, 0.3) is 0 Å². The fourth-order valence-corrected chi connectivity index (χ4v) is 3.60. The second-order valence-corrected chi connectivity index (χ2v) is 6.67. The Balaban J connectivity index is 2.09. The summed E-state index contributed by atoms with van der Waals surface area (Å²) in [5.74, 6) is -0.305. The zero-order valence-corrected chi connectivity index (χ0v) is 14.6. The van der Waals surface area contributed by atoms with Crippen molar-refractivity contribution in [2.75, 3.05) is 6.61 Å². The van der Waals surface area contributed by atoms with Crippen molar-refractivity contribution in [3.63, 3.8) is 0 Å². The van der Waals surface area contributed by atoms with Gasteiger partial charge in [0.2, 0.25) is 0 Å². The average molecular weight is 379 g/mol. The van der Waals surface area contributed by atoms with Crippen LogP contribution in [-0.2, 0) is 9.53 Å². The lowest BCUT2D eigenvalue weighted by Crippen LogP contribution is -2.34. The van der Waals surface area contributed by atoms with Crippen molar-refractivity contribution in [1.82, 2.24) is 4.90 Å². The van der Waals surface area contributed by atoms with Gasteiger partial charge >= 0.3 is 5.97 Å². The number of carbonyl (C=O) groups excluding carboxylic acids is 1. The Morgan fingerprint density at radius 2 is 2.14 bits per heavy atom. The van der Waals surface area contributed by atoms with Crippen LogP contribution in [-0.4, -0.2) is 22.6 Å². The van der Waals surface area contributed by atoms with E-state index in [0.717, 1.165) is 15.2 Å². The molecule has 0 fully saturated rings. The van der Waals surface area contributed by atoms with Crippen LogP contribution in [0.1, 0.15) is 25.5 Å². The van der Waals surface area contributed by atoms with Crippen LogP contribution in [0, 0.1) is 0 Å². The molecule has 1 aromatic carbocycles. The van der Waals surface area contributed by atoms with Gasteiger partial charge in [0, 0.05) is 10.7 Å². The van der Waals surface area contributed by atoms with Gasteiger partial charge < -0.3 is 9.64 Å². The minimum Gasteiger partial charge on any atom is -0.463 e. The molecule has 0 amide bonds. The largest absolute Gasteiger partial charge is 0.463 e. The number of amidine groups is 1. The van der Waals surface area contributed by atoms with Gasteiger partial charge in [-0.25, -0.2) is 9.79 Å². The summed E-state index contributed by atoms with van der Waals surface area (Å²) in [6.07, 6.45) is 1.96. The van der Waals surface area contributed by atoms with Gasteiger partial charge in [0.25, 0.3) is 0 Å². The third-order valence-electron chi connectivity index (χ3n) is 3.50. The summed E-state index contributed by atoms with van der Waals surface area (Å²) in [5.41, 5.74) is 2.35. The Morgan fingerprint density at radius 3 is 2.82 bits per heavy atom. The van der Waals surface area contributed by atoms with Crippen molar-refractivity contribution >= 4 is 38.8 Å². The Hall–Kier alpha value is -1.53. The van der Waals surface area contributed by atoms with Crippen molar-refractivity contribution < 1.29 is 9.53 Å². The Bertz CT molecular complexity index is 695. The normalized spacial score (nSPS) is 20.0. The van der Waals surface area contributed by atoms with Gasteiger partial charge in [-0.2, -0.15) is 0 Å². The van der Waals surface area contributed by atoms with Crippen LogP contribution in [0.3, 0.4) is 0 Å². The van der Waals surface area contributed by atoms with Gasteiger partial charge in [-0.05, 0) is 37.0 Å². The number of ether oxygens (including phenoxy) is 1. The van der Waals surface area contributed by atoms with Crippen molar-refractivity contribution in [3.05, 3.63) is 57.2 Å². The van der Waals surface area contributed by atoms with Crippen LogP contribution >= 0.6 is 27.7 Å². The molecule has 0 saturated carbocycles. The maximum Gasteiger partial charge on any atom is 0.338 e. The molecule has 1 aromatic rings. The molecule has 0 spiro atoms. The quantitative estimate of drug-likeness (QED) is 0.738. The lowest BCUT2D eigenvalue weighted by molar-refractivity contribution is -0.139. The van der Waals surface area contributed by atoms with E-state index < -0.39 is 0 Å². The molecule has 6 heteroatoms. The molecule has 2 aliphatic heterocycles. The Kier molecular flexibility index (Phi) is 4.40. The number of benzene rings is 1. The molecular weight excluding hydrogens is 364 g/mol. The first-order chi connectivity index (χ1) is 10.6. The van der Waals surface area contributed by atoms with Gasteiger partial charge in [-0.3, -0.25) is 0 Å². The smallest absolute Gasteiger partial charge is 0.338 e. The monoisotopic (exact) mass is 378 g/mol. The standard InChI is InChI=1S/C16H15BrN2O2S/c1-3-21-15(20)13-10(2)18-16-19(8-9-22-16)14(13)11-4-6-12(17)7-5-11/h4-9,14H,3H2,1-2H3. The first kappa shape index (κ1) is 15.4. The zero-order valence-electron chi connectivity index (χ0n) is 12.2. The molecule has 0 bridgehead atoms. The van der Waals surface area contributed by atoms with Gasteiger partial charge in [-0.15, -0.1) is 0 Å². The van der Waals surface area contributed by atoms with Crippen molar-refractivity contribution in [2.24, 2.45) is 4.99 Å². The van der Waals surface area contributed by atoms with Crippen LogP contribution < -0.4 is 0 Å². The molecule has 0 aliphatic carbocycles. The Labute approximate surface area is 142 Å². The highest BCUT2D eigenvalue weighted by Gasteiger charge is 2.37. The number of hydrogen-bond donors (Lipinski definition) is 0. The van der Waals surface area contributed by atoms with E-state index in [-0.39, 0.29) is 12.0 Å². The molecule has 3 rings (SSSR count). The van der Waals surface area contributed by atoms with Crippen LogP contribution in [0.5, 0.6) is 0 Å². The highest BCUT2D eigenvalue weighted by molar-refractivity contribution is 9.10. The highest BCUT2D eigenvalue weighted by atomic mass is 79.9. The minimum absolute atomic E-state index is 0.203. The highest BCUT2D eigenvalue weighted by Crippen LogP contribution is 2.41. The van der Waals surface area contributed by atoms with E-state index >= 15 is 0 Å². The van der Waals surface area contributed by atoms with E-state index in [1.807, 2.05) is 54.6 Å². The summed E-state index contributed by atoms with van der Waals surface area (Å²) in [5, 5.41) is 2.87. The molecule has 22 heavy (non-hydrogen) atoms. The molecule has 0 aromatic heterocycles. The number of thioether (sulfide) groups is 1. The van der Waals surface area contributed by atoms with E-state index in [9.17, 15) is 4.79 Å². The molecule has 0 saturated heterocycles. The molecule has 2 heterocycles. The van der Waals surface area contributed by atoms with E-state index in [0.29, 0.717) is 17.9 Å².